The highest BCUT2D eigenvalue weighted by Gasteiger charge is 2.32. The van der Waals surface area contributed by atoms with Crippen molar-refractivity contribution < 1.29 is 32.6 Å². The van der Waals surface area contributed by atoms with Crippen molar-refractivity contribution in [2.24, 2.45) is 0 Å². The van der Waals surface area contributed by atoms with Gasteiger partial charge in [0.05, 0.1) is 0 Å². The lowest BCUT2D eigenvalue weighted by Gasteiger charge is -2.16. The summed E-state index contributed by atoms with van der Waals surface area (Å²) in [7, 11) is 1.31. The summed E-state index contributed by atoms with van der Waals surface area (Å²) in [5.74, 6) is -2.00. The lowest BCUT2D eigenvalue weighted by atomic mass is 10.1. The minimum atomic E-state index is -4.81. The van der Waals surface area contributed by atoms with Gasteiger partial charge in [-0.25, -0.2) is 0 Å². The van der Waals surface area contributed by atoms with Crippen LogP contribution < -0.4 is 4.74 Å². The van der Waals surface area contributed by atoms with E-state index in [2.05, 4.69) is 4.74 Å². The van der Waals surface area contributed by atoms with E-state index in [1.807, 2.05) is 0 Å². The lowest BCUT2D eigenvalue weighted by Crippen LogP contribution is -2.32. The van der Waals surface area contributed by atoms with Crippen LogP contribution in [-0.4, -0.2) is 41.8 Å². The summed E-state index contributed by atoms with van der Waals surface area (Å²) in [6.45, 7) is -0.459. The number of benzene rings is 1. The van der Waals surface area contributed by atoms with E-state index in [0.717, 1.165) is 11.0 Å². The van der Waals surface area contributed by atoms with Crippen molar-refractivity contribution in [3.05, 3.63) is 29.8 Å². The second kappa shape index (κ2) is 6.96. The summed E-state index contributed by atoms with van der Waals surface area (Å²) in [5, 5.41) is 8.55. The van der Waals surface area contributed by atoms with Crippen LogP contribution in [0.3, 0.4) is 0 Å². The maximum atomic E-state index is 12.2. The third-order valence-corrected chi connectivity index (χ3v) is 2.60. The number of ether oxygens (including phenoxy) is 1. The summed E-state index contributed by atoms with van der Waals surface area (Å²) < 4.78 is 40.6. The van der Waals surface area contributed by atoms with E-state index in [9.17, 15) is 22.8 Å². The van der Waals surface area contributed by atoms with E-state index < -0.39 is 24.8 Å². The van der Waals surface area contributed by atoms with Crippen LogP contribution in [0.1, 0.15) is 12.0 Å². The standard InChI is InChI=1S/C13H14F3NO4/c1-17(8-12(19)20)11(18)7-6-9-4-2-3-5-10(9)21-13(14,15)16/h2-5H,6-8H2,1H3,(H,19,20). The van der Waals surface area contributed by atoms with Crippen molar-refractivity contribution >= 4 is 11.9 Å². The van der Waals surface area contributed by atoms with Gasteiger partial charge in [0, 0.05) is 13.5 Å². The number of aliphatic carboxylic acids is 1. The van der Waals surface area contributed by atoms with Gasteiger partial charge in [0.1, 0.15) is 12.3 Å². The Bertz CT molecular complexity index is 516. The molecule has 0 heterocycles. The van der Waals surface area contributed by atoms with Crippen molar-refractivity contribution in [1.29, 1.82) is 0 Å². The first-order valence-corrected chi connectivity index (χ1v) is 5.98. The van der Waals surface area contributed by atoms with Crippen LogP contribution in [0.5, 0.6) is 5.75 Å². The molecule has 0 atom stereocenters. The molecule has 0 radical (unpaired) electrons. The molecule has 0 aliphatic heterocycles. The van der Waals surface area contributed by atoms with Crippen molar-refractivity contribution in [2.75, 3.05) is 13.6 Å². The molecule has 1 N–H and O–H groups in total. The highest BCUT2D eigenvalue weighted by atomic mass is 19.4. The van der Waals surface area contributed by atoms with E-state index in [0.29, 0.717) is 0 Å². The van der Waals surface area contributed by atoms with Crippen LogP contribution >= 0.6 is 0 Å². The molecule has 1 amide bonds. The van der Waals surface area contributed by atoms with Crippen LogP contribution in [-0.2, 0) is 16.0 Å². The Labute approximate surface area is 118 Å². The van der Waals surface area contributed by atoms with Gasteiger partial charge in [0.2, 0.25) is 5.91 Å². The molecule has 0 aliphatic carbocycles. The first kappa shape index (κ1) is 16.8. The molecule has 21 heavy (non-hydrogen) atoms. The minimum absolute atomic E-state index is 0.0229. The summed E-state index contributed by atoms with van der Waals surface area (Å²) in [4.78, 5) is 23.1. The topological polar surface area (TPSA) is 66.8 Å². The Morgan fingerprint density at radius 1 is 1.29 bits per heavy atom. The second-order valence-electron chi connectivity index (χ2n) is 4.30. The fourth-order valence-electron chi connectivity index (χ4n) is 1.66. The highest BCUT2D eigenvalue weighted by Crippen LogP contribution is 2.27. The van der Waals surface area contributed by atoms with E-state index in [-0.39, 0.29) is 24.2 Å². The van der Waals surface area contributed by atoms with Crippen LogP contribution in [0, 0.1) is 0 Å². The molecule has 1 rings (SSSR count). The average Bonchev–Trinajstić information content (AvgIpc) is 2.34. The van der Waals surface area contributed by atoms with Gasteiger partial charge in [-0.2, -0.15) is 0 Å². The molecular weight excluding hydrogens is 291 g/mol. The van der Waals surface area contributed by atoms with Gasteiger partial charge in [-0.15, -0.1) is 13.2 Å². The molecule has 116 valence electrons. The zero-order valence-electron chi connectivity index (χ0n) is 11.2. The zero-order valence-corrected chi connectivity index (χ0v) is 11.2. The summed E-state index contributed by atoms with van der Waals surface area (Å²) >= 11 is 0. The van der Waals surface area contributed by atoms with Crippen LogP contribution in [0.4, 0.5) is 13.2 Å². The third kappa shape index (κ3) is 6.15. The fraction of sp³-hybridized carbons (Fsp3) is 0.385. The Morgan fingerprint density at radius 3 is 2.48 bits per heavy atom. The predicted molar refractivity (Wildman–Crippen MR) is 66.7 cm³/mol. The van der Waals surface area contributed by atoms with E-state index in [4.69, 9.17) is 5.11 Å². The number of likely N-dealkylation sites (N-methyl/N-ethyl adjacent to an activating group) is 1. The molecule has 1 aromatic rings. The number of carbonyl (C=O) groups is 2. The molecule has 0 unspecified atom stereocenters. The van der Waals surface area contributed by atoms with Crippen molar-refractivity contribution in [2.45, 2.75) is 19.2 Å². The van der Waals surface area contributed by atoms with Crippen LogP contribution in [0.25, 0.3) is 0 Å². The molecule has 0 saturated carbocycles. The first-order chi connectivity index (χ1) is 9.69. The van der Waals surface area contributed by atoms with Crippen LogP contribution in [0.2, 0.25) is 0 Å². The molecular formula is C13H14F3NO4. The number of amides is 1. The summed E-state index contributed by atoms with van der Waals surface area (Å²) in [5.41, 5.74) is 0.229. The smallest absolute Gasteiger partial charge is 0.480 e. The zero-order chi connectivity index (χ0) is 16.0. The van der Waals surface area contributed by atoms with Gasteiger partial charge in [-0.1, -0.05) is 18.2 Å². The lowest BCUT2D eigenvalue weighted by molar-refractivity contribution is -0.274. The highest BCUT2D eigenvalue weighted by molar-refractivity contribution is 5.81. The van der Waals surface area contributed by atoms with E-state index in [1.165, 1.54) is 25.2 Å². The largest absolute Gasteiger partial charge is 0.573 e. The van der Waals surface area contributed by atoms with E-state index in [1.54, 1.807) is 0 Å². The van der Waals surface area contributed by atoms with Gasteiger partial charge in [0.15, 0.2) is 0 Å². The van der Waals surface area contributed by atoms with Gasteiger partial charge < -0.3 is 14.7 Å². The molecule has 1 aromatic carbocycles. The molecule has 0 fully saturated rings. The monoisotopic (exact) mass is 305 g/mol. The molecule has 0 bridgehead atoms. The molecule has 0 saturated heterocycles. The maximum absolute atomic E-state index is 12.2. The second-order valence-corrected chi connectivity index (χ2v) is 4.30. The maximum Gasteiger partial charge on any atom is 0.573 e. The Kier molecular flexibility index (Phi) is 5.57. The predicted octanol–water partition coefficient (Wildman–Crippen LogP) is 2.06. The minimum Gasteiger partial charge on any atom is -0.480 e. The Morgan fingerprint density at radius 2 is 1.90 bits per heavy atom. The summed E-state index contributed by atoms with van der Waals surface area (Å²) in [6, 6.07) is 5.51. The number of hydrogen-bond acceptors (Lipinski definition) is 3. The van der Waals surface area contributed by atoms with Crippen molar-refractivity contribution in [3.63, 3.8) is 0 Å². The molecule has 0 aromatic heterocycles. The number of carboxylic acid groups (broad SMARTS) is 1. The number of nitrogens with zero attached hydrogens (tertiary/aromatic N) is 1. The number of aryl methyl sites for hydroxylation is 1. The van der Waals surface area contributed by atoms with E-state index >= 15 is 0 Å². The molecule has 8 heteroatoms. The number of para-hydroxylation sites is 1. The number of hydrogen-bond donors (Lipinski definition) is 1. The van der Waals surface area contributed by atoms with Gasteiger partial charge in [-0.3, -0.25) is 9.59 Å². The quantitative estimate of drug-likeness (QED) is 0.873. The van der Waals surface area contributed by atoms with Gasteiger partial charge >= 0.3 is 12.3 Å². The number of alkyl halides is 3. The number of carbonyl (C=O) groups excluding carboxylic acids is 1. The molecule has 5 nitrogen and oxygen atoms in total. The average molecular weight is 305 g/mol. The number of carboxylic acids is 1. The number of halogens is 3. The number of rotatable bonds is 6. The Balaban J connectivity index is 2.67. The first-order valence-electron chi connectivity index (χ1n) is 5.98. The SMILES string of the molecule is CN(CC(=O)O)C(=O)CCc1ccccc1OC(F)(F)F. The summed E-state index contributed by atoms with van der Waals surface area (Å²) in [6.07, 6.45) is -4.89. The van der Waals surface area contributed by atoms with Crippen molar-refractivity contribution in [1.82, 2.24) is 4.90 Å². The Hall–Kier alpha value is -2.25. The van der Waals surface area contributed by atoms with Gasteiger partial charge in [0.25, 0.3) is 0 Å². The molecule has 0 aliphatic rings. The molecule has 0 spiro atoms. The van der Waals surface area contributed by atoms with Crippen molar-refractivity contribution in [3.8, 4) is 5.75 Å². The normalized spacial score (nSPS) is 11.0. The fourth-order valence-corrected chi connectivity index (χ4v) is 1.66. The van der Waals surface area contributed by atoms with Gasteiger partial charge in [-0.05, 0) is 18.1 Å². The van der Waals surface area contributed by atoms with Crippen LogP contribution in [0.15, 0.2) is 24.3 Å². The third-order valence-electron chi connectivity index (χ3n) is 2.60.